The Balaban J connectivity index is 1.38. The summed E-state index contributed by atoms with van der Waals surface area (Å²) in [5.41, 5.74) is 2.33. The van der Waals surface area contributed by atoms with E-state index in [2.05, 4.69) is 11.8 Å². The van der Waals surface area contributed by atoms with Crippen LogP contribution in [0.15, 0.2) is 47.6 Å². The van der Waals surface area contributed by atoms with Gasteiger partial charge in [0.05, 0.1) is 16.8 Å². The molecule has 2 aliphatic heterocycles. The van der Waals surface area contributed by atoms with E-state index in [4.69, 9.17) is 39.9 Å². The Morgan fingerprint density at radius 1 is 0.886 bits per heavy atom. The lowest BCUT2D eigenvalue weighted by atomic mass is 9.90. The van der Waals surface area contributed by atoms with E-state index in [-0.39, 0.29) is 17.9 Å². The molecule has 35 heavy (non-hydrogen) atoms. The highest BCUT2D eigenvalue weighted by Gasteiger charge is 2.42. The van der Waals surface area contributed by atoms with Crippen LogP contribution in [0.5, 0.6) is 0 Å². The van der Waals surface area contributed by atoms with Gasteiger partial charge in [-0.1, -0.05) is 73.1 Å². The highest BCUT2D eigenvalue weighted by Crippen LogP contribution is 2.43. The summed E-state index contributed by atoms with van der Waals surface area (Å²) in [7, 11) is 0. The van der Waals surface area contributed by atoms with Crippen molar-refractivity contribution in [2.75, 3.05) is 31.2 Å². The maximum atomic E-state index is 13.7. The fourth-order valence-corrected chi connectivity index (χ4v) is 6.35. The summed E-state index contributed by atoms with van der Waals surface area (Å²) in [6.07, 6.45) is 6.59. The summed E-state index contributed by atoms with van der Waals surface area (Å²) in [4.78, 5) is 18.3. The van der Waals surface area contributed by atoms with E-state index in [1.807, 2.05) is 40.2 Å². The van der Waals surface area contributed by atoms with E-state index >= 15 is 0 Å². The van der Waals surface area contributed by atoms with E-state index in [9.17, 15) is 4.79 Å². The predicted octanol–water partition coefficient (Wildman–Crippen LogP) is 6.68. The van der Waals surface area contributed by atoms with Gasteiger partial charge in [-0.25, -0.2) is 0 Å². The van der Waals surface area contributed by atoms with Crippen molar-refractivity contribution in [3.63, 3.8) is 0 Å². The second-order valence-electron chi connectivity index (χ2n) is 9.83. The van der Waals surface area contributed by atoms with Crippen LogP contribution < -0.4 is 5.01 Å². The highest BCUT2D eigenvalue weighted by atomic mass is 35.5. The molecule has 5 nitrogen and oxygen atoms in total. The zero-order chi connectivity index (χ0) is 24.5. The van der Waals surface area contributed by atoms with Gasteiger partial charge in [0.2, 0.25) is 0 Å². The van der Waals surface area contributed by atoms with Gasteiger partial charge >= 0.3 is 0 Å². The normalized spacial score (nSPS) is 24.1. The van der Waals surface area contributed by atoms with Crippen molar-refractivity contribution in [3.05, 3.63) is 63.1 Å². The highest BCUT2D eigenvalue weighted by molar-refractivity contribution is 6.41. The van der Waals surface area contributed by atoms with Crippen LogP contribution >= 0.6 is 34.8 Å². The molecular weight excluding hydrogens is 503 g/mol. The minimum atomic E-state index is -0.173. The van der Waals surface area contributed by atoms with E-state index in [0.717, 1.165) is 37.4 Å². The number of rotatable bonds is 4. The van der Waals surface area contributed by atoms with E-state index in [0.29, 0.717) is 26.8 Å². The van der Waals surface area contributed by atoms with Gasteiger partial charge in [-0.2, -0.15) is 5.10 Å². The van der Waals surface area contributed by atoms with Gasteiger partial charge in [-0.3, -0.25) is 14.7 Å². The Morgan fingerprint density at radius 2 is 1.54 bits per heavy atom. The van der Waals surface area contributed by atoms with Crippen LogP contribution in [0.2, 0.25) is 15.1 Å². The first-order valence-electron chi connectivity index (χ1n) is 12.5. The number of anilines is 1. The first-order valence-corrected chi connectivity index (χ1v) is 13.7. The number of amides is 1. The van der Waals surface area contributed by atoms with Gasteiger partial charge in [0, 0.05) is 48.2 Å². The summed E-state index contributed by atoms with van der Waals surface area (Å²) >= 11 is 18.9. The molecular formula is C27H31Cl3N4O. The Hall–Kier alpha value is -1.79. The molecule has 0 spiro atoms. The molecule has 0 bridgehead atoms. The van der Waals surface area contributed by atoms with Gasteiger partial charge in [0.1, 0.15) is 5.71 Å². The third-order valence-electron chi connectivity index (χ3n) is 7.66. The van der Waals surface area contributed by atoms with Crippen molar-refractivity contribution < 1.29 is 4.79 Å². The van der Waals surface area contributed by atoms with Crippen molar-refractivity contribution >= 4 is 52.1 Å². The Labute approximate surface area is 222 Å². The van der Waals surface area contributed by atoms with Crippen LogP contribution in [-0.2, 0) is 4.79 Å². The molecule has 3 aliphatic rings. The summed E-state index contributed by atoms with van der Waals surface area (Å²) < 4.78 is 0. The smallest absolute Gasteiger partial charge is 0.270 e. The quantitative estimate of drug-likeness (QED) is 0.440. The third kappa shape index (κ3) is 5.20. The van der Waals surface area contributed by atoms with E-state index < -0.39 is 0 Å². The lowest BCUT2D eigenvalue weighted by molar-refractivity contribution is -0.126. The standard InChI is InChI=1S/C27H31Cl3N4O/c1-18-25(27(35)33-15-13-32(14-16-33)22-5-3-2-4-6-22)31-34(24-12-11-21(29)17-23(24)30)26(18)19-7-9-20(28)10-8-19/h7-12,17-18,22,26H,2-6,13-16H2,1H3/t18-,26-/m0/s1. The fraction of sp³-hybridized carbons (Fsp3) is 0.481. The molecule has 1 saturated heterocycles. The van der Waals surface area contributed by atoms with Crippen molar-refractivity contribution in [2.24, 2.45) is 11.0 Å². The molecule has 0 N–H and O–H groups in total. The van der Waals surface area contributed by atoms with Crippen molar-refractivity contribution in [1.29, 1.82) is 0 Å². The Morgan fingerprint density at radius 3 is 2.20 bits per heavy atom. The molecule has 2 heterocycles. The second kappa shape index (κ2) is 10.7. The minimum absolute atomic E-state index is 0.0207. The Bertz CT molecular complexity index is 1090. The number of benzene rings is 2. The topological polar surface area (TPSA) is 39.2 Å². The monoisotopic (exact) mass is 532 g/mol. The van der Waals surface area contributed by atoms with Gasteiger partial charge in [0.15, 0.2) is 0 Å². The molecule has 1 amide bonds. The average Bonchev–Trinajstić information content (AvgIpc) is 3.21. The molecule has 1 aliphatic carbocycles. The van der Waals surface area contributed by atoms with Crippen LogP contribution in [0.4, 0.5) is 5.69 Å². The number of carbonyl (C=O) groups excluding carboxylic acids is 1. The first-order chi connectivity index (χ1) is 16.9. The number of nitrogens with zero attached hydrogens (tertiary/aromatic N) is 4. The molecule has 2 aromatic carbocycles. The van der Waals surface area contributed by atoms with Crippen LogP contribution in [-0.4, -0.2) is 53.6 Å². The number of hydrazone groups is 1. The summed E-state index contributed by atoms with van der Waals surface area (Å²) in [6.45, 7) is 5.43. The molecule has 0 aromatic heterocycles. The minimum Gasteiger partial charge on any atom is -0.335 e. The SMILES string of the molecule is C[C@H]1C(C(=O)N2CCN(C3CCCCC3)CC2)=NN(c2ccc(Cl)cc2Cl)[C@@H]1c1ccc(Cl)cc1. The second-order valence-corrected chi connectivity index (χ2v) is 11.1. The molecule has 0 radical (unpaired) electrons. The molecule has 1 saturated carbocycles. The summed E-state index contributed by atoms with van der Waals surface area (Å²) in [6, 6.07) is 13.6. The van der Waals surface area contributed by atoms with Crippen LogP contribution in [0.25, 0.3) is 0 Å². The molecule has 186 valence electrons. The maximum absolute atomic E-state index is 13.7. The zero-order valence-corrected chi connectivity index (χ0v) is 22.2. The van der Waals surface area contributed by atoms with E-state index in [1.54, 1.807) is 12.1 Å². The van der Waals surface area contributed by atoms with Crippen LogP contribution in [0, 0.1) is 5.92 Å². The number of halogens is 3. The maximum Gasteiger partial charge on any atom is 0.270 e. The lowest BCUT2D eigenvalue weighted by Gasteiger charge is -2.40. The van der Waals surface area contributed by atoms with Gasteiger partial charge < -0.3 is 4.90 Å². The molecule has 8 heteroatoms. The predicted molar refractivity (Wildman–Crippen MR) is 145 cm³/mol. The molecule has 2 aromatic rings. The van der Waals surface area contributed by atoms with Crippen molar-refractivity contribution in [2.45, 2.75) is 51.1 Å². The summed E-state index contributed by atoms with van der Waals surface area (Å²) in [5.74, 6) is -0.0980. The Kier molecular flexibility index (Phi) is 7.59. The van der Waals surface area contributed by atoms with Gasteiger partial charge in [-0.15, -0.1) is 0 Å². The third-order valence-corrected chi connectivity index (χ3v) is 8.45. The fourth-order valence-electron chi connectivity index (χ4n) is 5.73. The van der Waals surface area contributed by atoms with Gasteiger partial charge in [-0.05, 0) is 48.7 Å². The molecule has 0 unspecified atom stereocenters. The number of hydrogen-bond acceptors (Lipinski definition) is 4. The summed E-state index contributed by atoms with van der Waals surface area (Å²) in [5, 5.41) is 8.48. The largest absolute Gasteiger partial charge is 0.335 e. The molecule has 5 rings (SSSR count). The van der Waals surface area contributed by atoms with Crippen LogP contribution in [0.3, 0.4) is 0 Å². The molecule has 2 fully saturated rings. The average molecular weight is 534 g/mol. The first kappa shape index (κ1) is 24.9. The van der Waals surface area contributed by atoms with E-state index in [1.165, 1.54) is 32.1 Å². The van der Waals surface area contributed by atoms with Gasteiger partial charge in [0.25, 0.3) is 5.91 Å². The lowest BCUT2D eigenvalue weighted by Crippen LogP contribution is -2.54. The number of hydrogen-bond donors (Lipinski definition) is 0. The van der Waals surface area contributed by atoms with Crippen molar-refractivity contribution in [1.82, 2.24) is 9.80 Å². The number of piperazine rings is 1. The number of carbonyl (C=O) groups is 1. The van der Waals surface area contributed by atoms with Crippen LogP contribution in [0.1, 0.15) is 50.6 Å². The zero-order valence-electron chi connectivity index (χ0n) is 20.0. The molecule has 2 atom stereocenters. The van der Waals surface area contributed by atoms with Crippen molar-refractivity contribution in [3.8, 4) is 0 Å².